The van der Waals surface area contributed by atoms with Crippen molar-refractivity contribution in [3.63, 3.8) is 0 Å². The van der Waals surface area contributed by atoms with E-state index in [1.807, 2.05) is 12.1 Å². The number of aryl methyl sites for hydroxylation is 1. The Labute approximate surface area is 180 Å². The second kappa shape index (κ2) is 9.08. The summed E-state index contributed by atoms with van der Waals surface area (Å²) >= 11 is 0. The zero-order chi connectivity index (χ0) is 21.9. The number of benzene rings is 2. The molecular formula is C22H30N2O4S2. The molecule has 0 aliphatic heterocycles. The fraction of sp³-hybridized carbons (Fsp3) is 0.455. The van der Waals surface area contributed by atoms with Crippen LogP contribution < -0.4 is 4.72 Å². The average molecular weight is 451 g/mol. The molecule has 1 fully saturated rings. The van der Waals surface area contributed by atoms with Gasteiger partial charge < -0.3 is 0 Å². The van der Waals surface area contributed by atoms with Gasteiger partial charge in [0.2, 0.25) is 0 Å². The summed E-state index contributed by atoms with van der Waals surface area (Å²) in [5, 5.41) is 0. The van der Waals surface area contributed by atoms with Gasteiger partial charge in [0.25, 0.3) is 10.0 Å². The number of nitrogens with one attached hydrogen (secondary N) is 1. The lowest BCUT2D eigenvalue weighted by Crippen LogP contribution is -2.33. The van der Waals surface area contributed by atoms with Crippen LogP contribution in [0.1, 0.15) is 43.2 Å². The summed E-state index contributed by atoms with van der Waals surface area (Å²) in [4.78, 5) is 2.25. The van der Waals surface area contributed by atoms with Crippen LogP contribution in [0.25, 0.3) is 0 Å². The van der Waals surface area contributed by atoms with E-state index in [9.17, 15) is 16.8 Å². The van der Waals surface area contributed by atoms with Crippen LogP contribution in [0.2, 0.25) is 0 Å². The summed E-state index contributed by atoms with van der Waals surface area (Å²) in [6, 6.07) is 12.1. The minimum absolute atomic E-state index is 0.0150. The van der Waals surface area contributed by atoms with Crippen LogP contribution in [0.4, 0.5) is 5.69 Å². The molecule has 0 heterocycles. The Kier molecular flexibility index (Phi) is 6.89. The van der Waals surface area contributed by atoms with E-state index < -0.39 is 19.9 Å². The van der Waals surface area contributed by atoms with Gasteiger partial charge in [-0.1, -0.05) is 43.5 Å². The molecule has 30 heavy (non-hydrogen) atoms. The van der Waals surface area contributed by atoms with E-state index in [0.29, 0.717) is 23.8 Å². The molecule has 8 heteroatoms. The van der Waals surface area contributed by atoms with Crippen molar-refractivity contribution < 1.29 is 16.8 Å². The lowest BCUT2D eigenvalue weighted by Gasteiger charge is -2.31. The van der Waals surface area contributed by atoms with Crippen LogP contribution in [0.3, 0.4) is 0 Å². The van der Waals surface area contributed by atoms with Crippen molar-refractivity contribution in [1.29, 1.82) is 0 Å². The third-order valence-corrected chi connectivity index (χ3v) is 8.37. The smallest absolute Gasteiger partial charge is 0.262 e. The molecule has 2 aromatic carbocycles. The van der Waals surface area contributed by atoms with E-state index in [2.05, 4.69) is 16.7 Å². The van der Waals surface area contributed by atoms with E-state index in [0.717, 1.165) is 11.8 Å². The maximum atomic E-state index is 13.1. The Morgan fingerprint density at radius 3 is 2.33 bits per heavy atom. The lowest BCUT2D eigenvalue weighted by atomic mass is 9.94. The zero-order valence-corrected chi connectivity index (χ0v) is 19.4. The highest BCUT2D eigenvalue weighted by molar-refractivity contribution is 7.93. The molecule has 6 nitrogen and oxygen atoms in total. The van der Waals surface area contributed by atoms with Crippen LogP contribution in [-0.4, -0.2) is 41.1 Å². The molecule has 1 aliphatic rings. The third kappa shape index (κ3) is 5.42. The van der Waals surface area contributed by atoms with Crippen molar-refractivity contribution >= 4 is 25.5 Å². The predicted molar refractivity (Wildman–Crippen MR) is 120 cm³/mol. The van der Waals surface area contributed by atoms with Crippen molar-refractivity contribution in [1.82, 2.24) is 4.90 Å². The highest BCUT2D eigenvalue weighted by Gasteiger charge is 2.23. The SMILES string of the molecule is Cc1ccc(S(C)(=O)=O)cc1S(=O)(=O)Nc1ccccc1CN(C)C1CCCCC1. The summed E-state index contributed by atoms with van der Waals surface area (Å²) in [6.45, 7) is 2.30. The number of sulfonamides is 1. The first-order chi connectivity index (χ1) is 14.1. The second-order valence-corrected chi connectivity index (χ2v) is 11.8. The number of anilines is 1. The first-order valence-corrected chi connectivity index (χ1v) is 13.6. The van der Waals surface area contributed by atoms with Gasteiger partial charge in [0.15, 0.2) is 9.84 Å². The van der Waals surface area contributed by atoms with Crippen molar-refractivity contribution in [2.45, 2.75) is 61.4 Å². The van der Waals surface area contributed by atoms with Crippen LogP contribution in [-0.2, 0) is 26.4 Å². The van der Waals surface area contributed by atoms with Gasteiger partial charge in [0.1, 0.15) is 0 Å². The number of hydrogen-bond donors (Lipinski definition) is 1. The summed E-state index contributed by atoms with van der Waals surface area (Å²) in [7, 11) is -5.37. The molecule has 0 unspecified atom stereocenters. The molecule has 0 bridgehead atoms. The molecule has 164 valence electrons. The van der Waals surface area contributed by atoms with Gasteiger partial charge in [-0.25, -0.2) is 16.8 Å². The number of sulfone groups is 1. The molecular weight excluding hydrogens is 420 g/mol. The lowest BCUT2D eigenvalue weighted by molar-refractivity contribution is 0.185. The fourth-order valence-electron chi connectivity index (χ4n) is 3.98. The molecule has 1 saturated carbocycles. The molecule has 1 N–H and O–H groups in total. The fourth-order valence-corrected chi connectivity index (χ4v) is 6.07. The molecule has 0 amide bonds. The Bertz CT molecular complexity index is 1110. The van der Waals surface area contributed by atoms with E-state index >= 15 is 0 Å². The summed E-state index contributed by atoms with van der Waals surface area (Å²) in [6.07, 6.45) is 7.16. The highest BCUT2D eigenvalue weighted by Crippen LogP contribution is 2.27. The molecule has 3 rings (SSSR count). The van der Waals surface area contributed by atoms with E-state index in [1.54, 1.807) is 19.1 Å². The van der Waals surface area contributed by atoms with E-state index in [4.69, 9.17) is 0 Å². The van der Waals surface area contributed by atoms with Gasteiger partial charge in [-0.3, -0.25) is 9.62 Å². The summed E-state index contributed by atoms with van der Waals surface area (Å²) < 4.78 is 52.7. The maximum absolute atomic E-state index is 13.1. The second-order valence-electron chi connectivity index (χ2n) is 8.17. The maximum Gasteiger partial charge on any atom is 0.262 e. The number of para-hydroxylation sites is 1. The zero-order valence-electron chi connectivity index (χ0n) is 17.8. The van der Waals surface area contributed by atoms with Crippen LogP contribution in [0, 0.1) is 6.92 Å². The van der Waals surface area contributed by atoms with Gasteiger partial charge in [0.05, 0.1) is 15.5 Å². The highest BCUT2D eigenvalue weighted by atomic mass is 32.2. The molecule has 2 aromatic rings. The summed E-state index contributed by atoms with van der Waals surface area (Å²) in [5.41, 5.74) is 1.90. The minimum Gasteiger partial charge on any atom is -0.299 e. The first kappa shape index (κ1) is 22.8. The van der Waals surface area contributed by atoms with Crippen LogP contribution in [0.15, 0.2) is 52.3 Å². The van der Waals surface area contributed by atoms with Gasteiger partial charge in [-0.15, -0.1) is 0 Å². The Morgan fingerprint density at radius 1 is 1.00 bits per heavy atom. The number of rotatable bonds is 7. The first-order valence-electron chi connectivity index (χ1n) is 10.2. The molecule has 0 aromatic heterocycles. The number of nitrogens with zero attached hydrogens (tertiary/aromatic N) is 1. The Morgan fingerprint density at radius 2 is 1.67 bits per heavy atom. The number of hydrogen-bond acceptors (Lipinski definition) is 5. The molecule has 0 atom stereocenters. The van der Waals surface area contributed by atoms with Gasteiger partial charge >= 0.3 is 0 Å². The van der Waals surface area contributed by atoms with Gasteiger partial charge in [0, 0.05) is 18.8 Å². The van der Waals surface area contributed by atoms with Crippen molar-refractivity contribution in [2.75, 3.05) is 18.0 Å². The molecule has 0 radical (unpaired) electrons. The Hall–Kier alpha value is -1.90. The molecule has 1 aliphatic carbocycles. The molecule has 0 spiro atoms. The van der Waals surface area contributed by atoms with Crippen molar-refractivity contribution in [3.8, 4) is 0 Å². The molecule has 0 saturated heterocycles. The Balaban J connectivity index is 1.87. The standard InChI is InChI=1S/C22H30N2O4S2/c1-17-13-14-20(29(3,25)26)15-22(17)30(27,28)23-21-12-8-7-9-18(21)16-24(2)19-10-5-4-6-11-19/h7-9,12-15,19,23H,4-6,10-11,16H2,1-3H3. The minimum atomic E-state index is -3.94. The quantitative estimate of drug-likeness (QED) is 0.690. The third-order valence-electron chi connectivity index (χ3n) is 5.76. The topological polar surface area (TPSA) is 83.5 Å². The van der Waals surface area contributed by atoms with Crippen molar-refractivity contribution in [3.05, 3.63) is 53.6 Å². The monoisotopic (exact) mass is 450 g/mol. The van der Waals surface area contributed by atoms with Gasteiger partial charge in [-0.2, -0.15) is 0 Å². The predicted octanol–water partition coefficient (Wildman–Crippen LogP) is 3.96. The normalized spacial score (nSPS) is 16.0. The van der Waals surface area contributed by atoms with Gasteiger partial charge in [-0.05, 0) is 56.1 Å². The largest absolute Gasteiger partial charge is 0.299 e. The van der Waals surface area contributed by atoms with Crippen LogP contribution >= 0.6 is 0 Å². The van der Waals surface area contributed by atoms with E-state index in [1.165, 1.54) is 50.3 Å². The van der Waals surface area contributed by atoms with E-state index in [-0.39, 0.29) is 9.79 Å². The summed E-state index contributed by atoms with van der Waals surface area (Å²) in [5.74, 6) is 0. The van der Waals surface area contributed by atoms with Crippen molar-refractivity contribution in [2.24, 2.45) is 0 Å². The van der Waals surface area contributed by atoms with Crippen LogP contribution in [0.5, 0.6) is 0 Å². The average Bonchev–Trinajstić information content (AvgIpc) is 2.69.